The molecule has 6 N–H and O–H groups in total. The summed E-state index contributed by atoms with van der Waals surface area (Å²) in [6.45, 7) is -0.456. The number of aryl methyl sites for hydroxylation is 1. The van der Waals surface area contributed by atoms with E-state index in [9.17, 15) is 31.9 Å². The van der Waals surface area contributed by atoms with E-state index in [0.717, 1.165) is 0 Å². The van der Waals surface area contributed by atoms with Gasteiger partial charge in [-0.05, 0) is 19.1 Å². The summed E-state index contributed by atoms with van der Waals surface area (Å²) in [6, 6.07) is 7.35. The maximum atomic E-state index is 14.5. The first-order valence-corrected chi connectivity index (χ1v) is 10.4. The lowest BCUT2D eigenvalue weighted by molar-refractivity contribution is -0.245. The van der Waals surface area contributed by atoms with Crippen molar-refractivity contribution < 1.29 is 36.4 Å². The molecule has 3 aromatic rings. The highest BCUT2D eigenvalue weighted by Gasteiger charge is 2.58. The van der Waals surface area contributed by atoms with Gasteiger partial charge in [0.1, 0.15) is 17.8 Å². The van der Waals surface area contributed by atoms with E-state index < -0.39 is 41.7 Å². The maximum Gasteiger partial charge on any atom is 0.428 e. The third kappa shape index (κ3) is 6.06. The average Bonchev–Trinajstić information content (AvgIpc) is 3.37. The number of carbonyl (C=O) groups is 1. The SMILES string of the molecule is Cc1nc(C(N)=CC(=NCc2ccccc2F)c2ccon2)nc(NCC(O)(C(N)=O)C(F)(F)F)c1F. The van der Waals surface area contributed by atoms with Crippen LogP contribution in [0.4, 0.5) is 27.8 Å². The molecule has 15 heteroatoms. The average molecular weight is 525 g/mol. The standard InChI is InChI=1S/C22H20F5N7O3/c1-11-17(24)19(31-10-21(36,20(29)35)22(25,26)27)33-18(32-11)14(28)8-16(15-6-7-37-34-15)30-9-12-4-2-3-5-13(12)23/h2-8,36H,9-10,28H2,1H3,(H2,29,35)(H,31,32,33). The van der Waals surface area contributed by atoms with Gasteiger partial charge in [0.15, 0.2) is 17.5 Å². The van der Waals surface area contributed by atoms with Gasteiger partial charge >= 0.3 is 6.18 Å². The van der Waals surface area contributed by atoms with Gasteiger partial charge in [-0.15, -0.1) is 0 Å². The third-order valence-electron chi connectivity index (χ3n) is 5.03. The Morgan fingerprint density at radius 3 is 2.49 bits per heavy atom. The van der Waals surface area contributed by atoms with Gasteiger partial charge in [0.2, 0.25) is 0 Å². The second-order valence-electron chi connectivity index (χ2n) is 7.65. The fourth-order valence-electron chi connectivity index (χ4n) is 2.90. The molecule has 0 bridgehead atoms. The molecule has 0 aliphatic heterocycles. The van der Waals surface area contributed by atoms with Crippen LogP contribution in [-0.4, -0.2) is 50.2 Å². The van der Waals surface area contributed by atoms with Crippen LogP contribution in [0.5, 0.6) is 0 Å². The zero-order valence-corrected chi connectivity index (χ0v) is 19.1. The monoisotopic (exact) mass is 525 g/mol. The van der Waals surface area contributed by atoms with Crippen LogP contribution in [0.15, 0.2) is 52.2 Å². The number of primary amides is 1. The number of amides is 1. The van der Waals surface area contributed by atoms with Gasteiger partial charge in [0, 0.05) is 11.6 Å². The van der Waals surface area contributed by atoms with Crippen molar-refractivity contribution in [3.05, 3.63) is 77.1 Å². The van der Waals surface area contributed by atoms with E-state index in [1.807, 2.05) is 5.32 Å². The Hall–Kier alpha value is -4.40. The van der Waals surface area contributed by atoms with E-state index in [1.54, 1.807) is 6.07 Å². The van der Waals surface area contributed by atoms with E-state index in [-0.39, 0.29) is 40.7 Å². The summed E-state index contributed by atoms with van der Waals surface area (Å²) < 4.78 is 72.8. The van der Waals surface area contributed by atoms with E-state index in [0.29, 0.717) is 0 Å². The van der Waals surface area contributed by atoms with Crippen molar-refractivity contribution >= 4 is 23.1 Å². The molecule has 1 atom stereocenters. The minimum Gasteiger partial charge on any atom is -0.396 e. The number of rotatable bonds is 9. The predicted molar refractivity (Wildman–Crippen MR) is 121 cm³/mol. The van der Waals surface area contributed by atoms with Crippen LogP contribution in [0.1, 0.15) is 22.8 Å². The second-order valence-corrected chi connectivity index (χ2v) is 7.65. The molecular formula is C22H20F5N7O3. The maximum absolute atomic E-state index is 14.5. The largest absolute Gasteiger partial charge is 0.428 e. The molecule has 0 saturated heterocycles. The van der Waals surface area contributed by atoms with Crippen LogP contribution in [0.25, 0.3) is 5.70 Å². The van der Waals surface area contributed by atoms with E-state index >= 15 is 0 Å². The molecule has 37 heavy (non-hydrogen) atoms. The van der Waals surface area contributed by atoms with Crippen LogP contribution in [0, 0.1) is 18.6 Å². The van der Waals surface area contributed by atoms with Gasteiger partial charge in [-0.2, -0.15) is 13.2 Å². The van der Waals surface area contributed by atoms with Gasteiger partial charge in [0.05, 0.1) is 30.2 Å². The number of nitrogens with zero attached hydrogens (tertiary/aromatic N) is 4. The molecule has 0 aliphatic carbocycles. The lowest BCUT2D eigenvalue weighted by Crippen LogP contribution is -2.59. The van der Waals surface area contributed by atoms with Crippen molar-refractivity contribution in [2.24, 2.45) is 16.5 Å². The smallest absolute Gasteiger partial charge is 0.396 e. The topological polar surface area (TPSA) is 166 Å². The first-order valence-electron chi connectivity index (χ1n) is 10.4. The van der Waals surface area contributed by atoms with Crippen molar-refractivity contribution in [1.82, 2.24) is 15.1 Å². The number of nitrogens with one attached hydrogen (secondary N) is 1. The number of carbonyl (C=O) groups excluding carboxylic acids is 1. The first kappa shape index (κ1) is 27.2. The van der Waals surface area contributed by atoms with Crippen molar-refractivity contribution in [2.75, 3.05) is 11.9 Å². The van der Waals surface area contributed by atoms with Crippen LogP contribution in [-0.2, 0) is 11.3 Å². The number of aromatic nitrogens is 3. The summed E-state index contributed by atoms with van der Waals surface area (Å²) in [7, 11) is 0. The molecule has 3 rings (SSSR count). The number of hydrogen-bond acceptors (Lipinski definition) is 9. The zero-order chi connectivity index (χ0) is 27.4. The van der Waals surface area contributed by atoms with E-state index in [1.165, 1.54) is 43.5 Å². The minimum atomic E-state index is -5.45. The minimum absolute atomic E-state index is 0.106. The number of aliphatic hydroxyl groups is 1. The second kappa shape index (κ2) is 10.7. The highest BCUT2D eigenvalue weighted by atomic mass is 19.4. The Labute approximate surface area is 205 Å². The zero-order valence-electron chi connectivity index (χ0n) is 19.1. The number of nitrogens with two attached hydrogens (primary N) is 2. The summed E-state index contributed by atoms with van der Waals surface area (Å²) in [5, 5.41) is 15.4. The van der Waals surface area contributed by atoms with Crippen molar-refractivity contribution in [2.45, 2.75) is 25.2 Å². The van der Waals surface area contributed by atoms with Crippen molar-refractivity contribution in [3.63, 3.8) is 0 Å². The van der Waals surface area contributed by atoms with Gasteiger partial charge in [-0.1, -0.05) is 23.4 Å². The normalized spacial score (nSPS) is 14.4. The number of hydrogen-bond donors (Lipinski definition) is 4. The Kier molecular flexibility index (Phi) is 7.86. The van der Waals surface area contributed by atoms with E-state index in [2.05, 4.69) is 20.1 Å². The van der Waals surface area contributed by atoms with Gasteiger partial charge in [-0.25, -0.2) is 18.7 Å². The van der Waals surface area contributed by atoms with Crippen LogP contribution < -0.4 is 16.8 Å². The van der Waals surface area contributed by atoms with Gasteiger partial charge in [0.25, 0.3) is 11.5 Å². The molecule has 10 nitrogen and oxygen atoms in total. The summed E-state index contributed by atoms with van der Waals surface area (Å²) in [4.78, 5) is 23.2. The molecule has 1 unspecified atom stereocenters. The molecular weight excluding hydrogens is 505 g/mol. The molecule has 0 fully saturated rings. The predicted octanol–water partition coefficient (Wildman–Crippen LogP) is 2.23. The highest BCUT2D eigenvalue weighted by molar-refractivity contribution is 6.10. The summed E-state index contributed by atoms with van der Waals surface area (Å²) in [6.07, 6.45) is -2.98. The van der Waals surface area contributed by atoms with Crippen molar-refractivity contribution in [1.29, 1.82) is 0 Å². The van der Waals surface area contributed by atoms with Crippen LogP contribution in [0.2, 0.25) is 0 Å². The molecule has 196 valence electrons. The molecule has 2 aromatic heterocycles. The Balaban J connectivity index is 1.96. The molecule has 1 aromatic carbocycles. The Morgan fingerprint density at radius 1 is 1.19 bits per heavy atom. The Bertz CT molecular complexity index is 1340. The Morgan fingerprint density at radius 2 is 1.89 bits per heavy atom. The van der Waals surface area contributed by atoms with Gasteiger partial charge < -0.3 is 26.4 Å². The number of alkyl halides is 3. The molecule has 0 aliphatic rings. The number of benzene rings is 1. The lowest BCUT2D eigenvalue weighted by Gasteiger charge is -2.27. The third-order valence-corrected chi connectivity index (χ3v) is 5.03. The number of allylic oxidation sites excluding steroid dienone is 1. The summed E-state index contributed by atoms with van der Waals surface area (Å²) in [5.74, 6) is -4.87. The fraction of sp³-hybridized carbons (Fsp3) is 0.227. The van der Waals surface area contributed by atoms with Crippen LogP contribution >= 0.6 is 0 Å². The fourth-order valence-corrected chi connectivity index (χ4v) is 2.90. The van der Waals surface area contributed by atoms with Crippen LogP contribution in [0.3, 0.4) is 0 Å². The molecule has 0 spiro atoms. The lowest BCUT2D eigenvalue weighted by atomic mass is 10.0. The summed E-state index contributed by atoms with van der Waals surface area (Å²) in [5.41, 5.74) is 6.79. The quantitative estimate of drug-likeness (QED) is 0.244. The number of halogens is 5. The summed E-state index contributed by atoms with van der Waals surface area (Å²) >= 11 is 0. The molecule has 0 radical (unpaired) electrons. The first-order chi connectivity index (χ1) is 17.3. The van der Waals surface area contributed by atoms with Gasteiger partial charge in [-0.3, -0.25) is 9.79 Å². The molecule has 2 heterocycles. The van der Waals surface area contributed by atoms with Crippen molar-refractivity contribution in [3.8, 4) is 0 Å². The number of anilines is 1. The molecule has 0 saturated carbocycles. The number of aliphatic imine (C=N–C) groups is 1. The van der Waals surface area contributed by atoms with E-state index in [4.69, 9.17) is 16.0 Å². The highest BCUT2D eigenvalue weighted by Crippen LogP contribution is 2.31. The molecule has 1 amide bonds.